The molecule has 33 heavy (non-hydrogen) atoms. The number of sulfonamides is 1. The monoisotopic (exact) mass is 484 g/mol. The Labute approximate surface area is 196 Å². The Hall–Kier alpha value is -3.69. The third-order valence-electron chi connectivity index (χ3n) is 4.45. The largest absolute Gasteiger partial charge is 0.326 e. The summed E-state index contributed by atoms with van der Waals surface area (Å²) in [5.41, 5.74) is 4.56. The summed E-state index contributed by atoms with van der Waals surface area (Å²) in [7, 11) is -3.97. The summed E-state index contributed by atoms with van der Waals surface area (Å²) >= 11 is 6.03. The molecule has 0 unspecified atom stereocenters. The maximum absolute atomic E-state index is 12.7. The van der Waals surface area contributed by atoms with E-state index in [0.717, 1.165) is 0 Å². The number of hydrogen-bond acceptors (Lipinski definition) is 5. The van der Waals surface area contributed by atoms with Gasteiger partial charge < -0.3 is 5.32 Å². The minimum Gasteiger partial charge on any atom is -0.326 e. The van der Waals surface area contributed by atoms with E-state index >= 15 is 0 Å². The summed E-state index contributed by atoms with van der Waals surface area (Å²) in [5.74, 6) is -0.781. The maximum atomic E-state index is 12.7. The van der Waals surface area contributed by atoms with Crippen LogP contribution < -0.4 is 15.5 Å². The number of hydrogen-bond donors (Lipinski definition) is 3. The van der Waals surface area contributed by atoms with Gasteiger partial charge in [-0.05, 0) is 55.0 Å². The summed E-state index contributed by atoms with van der Waals surface area (Å²) in [6.45, 7) is 3.10. The van der Waals surface area contributed by atoms with Crippen LogP contribution in [0.15, 0.2) is 82.8 Å². The number of carbonyl (C=O) groups is 2. The fourth-order valence-corrected chi connectivity index (χ4v) is 4.21. The van der Waals surface area contributed by atoms with Crippen LogP contribution >= 0.6 is 11.6 Å². The minimum atomic E-state index is -3.97. The molecule has 0 aromatic heterocycles. The van der Waals surface area contributed by atoms with Gasteiger partial charge in [0.15, 0.2) is 0 Å². The van der Waals surface area contributed by atoms with Gasteiger partial charge >= 0.3 is 0 Å². The number of para-hydroxylation sites is 1. The molecule has 0 spiro atoms. The van der Waals surface area contributed by atoms with E-state index in [-0.39, 0.29) is 27.1 Å². The van der Waals surface area contributed by atoms with Crippen LogP contribution in [-0.2, 0) is 14.8 Å². The van der Waals surface area contributed by atoms with Gasteiger partial charge in [-0.2, -0.15) is 5.10 Å². The van der Waals surface area contributed by atoms with Crippen molar-refractivity contribution in [2.24, 2.45) is 5.10 Å². The first kappa shape index (κ1) is 24.0. The lowest BCUT2D eigenvalue weighted by molar-refractivity contribution is -0.114. The highest BCUT2D eigenvalue weighted by molar-refractivity contribution is 7.92. The van der Waals surface area contributed by atoms with Crippen molar-refractivity contribution < 1.29 is 18.0 Å². The molecule has 2 amide bonds. The average Bonchev–Trinajstić information content (AvgIpc) is 2.78. The number of halogens is 1. The molecule has 3 N–H and O–H groups in total. The van der Waals surface area contributed by atoms with Crippen molar-refractivity contribution in [2.45, 2.75) is 18.7 Å². The smallest absolute Gasteiger partial charge is 0.271 e. The van der Waals surface area contributed by atoms with Gasteiger partial charge in [-0.25, -0.2) is 13.8 Å². The highest BCUT2D eigenvalue weighted by Crippen LogP contribution is 2.24. The number of amides is 2. The van der Waals surface area contributed by atoms with Gasteiger partial charge in [-0.3, -0.25) is 14.3 Å². The molecule has 0 saturated heterocycles. The molecule has 3 aromatic carbocycles. The van der Waals surface area contributed by atoms with E-state index in [9.17, 15) is 18.0 Å². The Morgan fingerprint density at radius 1 is 0.879 bits per heavy atom. The first-order valence-corrected chi connectivity index (χ1v) is 11.6. The Morgan fingerprint density at radius 3 is 2.30 bits per heavy atom. The van der Waals surface area contributed by atoms with Crippen molar-refractivity contribution in [3.63, 3.8) is 0 Å². The maximum Gasteiger partial charge on any atom is 0.271 e. The average molecular weight is 485 g/mol. The van der Waals surface area contributed by atoms with Crippen molar-refractivity contribution in [1.82, 2.24) is 5.43 Å². The second-order valence-electron chi connectivity index (χ2n) is 7.01. The number of benzene rings is 3. The number of nitrogens with zero attached hydrogens (tertiary/aromatic N) is 1. The summed E-state index contributed by atoms with van der Waals surface area (Å²) in [6.07, 6.45) is 0. The Kier molecular flexibility index (Phi) is 7.47. The van der Waals surface area contributed by atoms with Crippen molar-refractivity contribution in [2.75, 3.05) is 10.0 Å². The Bertz CT molecular complexity index is 1340. The highest BCUT2D eigenvalue weighted by atomic mass is 35.5. The van der Waals surface area contributed by atoms with Crippen molar-refractivity contribution in [3.8, 4) is 0 Å². The van der Waals surface area contributed by atoms with Crippen molar-refractivity contribution in [3.05, 3.63) is 88.9 Å². The number of hydrazone groups is 1. The molecule has 3 rings (SSSR count). The lowest BCUT2D eigenvalue weighted by Crippen LogP contribution is -2.20. The zero-order valence-corrected chi connectivity index (χ0v) is 19.4. The van der Waals surface area contributed by atoms with Gasteiger partial charge in [-0.15, -0.1) is 0 Å². The normalized spacial score (nSPS) is 11.5. The van der Waals surface area contributed by atoms with Crippen LogP contribution in [0, 0.1) is 0 Å². The zero-order valence-electron chi connectivity index (χ0n) is 17.8. The summed E-state index contributed by atoms with van der Waals surface area (Å²) in [6, 6.07) is 19.0. The van der Waals surface area contributed by atoms with Crippen LogP contribution in [0.3, 0.4) is 0 Å². The molecule has 0 aliphatic rings. The van der Waals surface area contributed by atoms with Gasteiger partial charge in [0.2, 0.25) is 5.91 Å². The molecular weight excluding hydrogens is 464 g/mol. The van der Waals surface area contributed by atoms with Gasteiger partial charge in [0, 0.05) is 18.2 Å². The quantitative estimate of drug-likeness (QED) is 0.343. The van der Waals surface area contributed by atoms with Gasteiger partial charge in [0.05, 0.1) is 21.3 Å². The van der Waals surface area contributed by atoms with E-state index < -0.39 is 15.9 Å². The van der Waals surface area contributed by atoms with Crippen molar-refractivity contribution in [1.29, 1.82) is 0 Å². The van der Waals surface area contributed by atoms with E-state index in [2.05, 4.69) is 20.6 Å². The predicted octanol–water partition coefficient (Wildman–Crippen LogP) is 4.25. The fraction of sp³-hybridized carbons (Fsp3) is 0.0870. The van der Waals surface area contributed by atoms with Crippen LogP contribution in [0.4, 0.5) is 11.4 Å². The third kappa shape index (κ3) is 6.41. The molecule has 0 bridgehead atoms. The third-order valence-corrected chi connectivity index (χ3v) is 6.14. The summed E-state index contributed by atoms with van der Waals surface area (Å²) < 4.78 is 27.9. The molecule has 0 heterocycles. The predicted molar refractivity (Wildman–Crippen MR) is 129 cm³/mol. The topological polar surface area (TPSA) is 117 Å². The SMILES string of the molecule is CC(=O)Nc1cccc(/C(C)=N/NC(=O)c2cccc(S(=O)(=O)Nc3ccccc3Cl)c2)c1. The van der Waals surface area contributed by atoms with E-state index in [4.69, 9.17) is 11.6 Å². The zero-order chi connectivity index (χ0) is 24.0. The van der Waals surface area contributed by atoms with Crippen LogP contribution in [0.1, 0.15) is 29.8 Å². The summed E-state index contributed by atoms with van der Waals surface area (Å²) in [4.78, 5) is 23.7. The number of carbonyl (C=O) groups excluding carboxylic acids is 2. The minimum absolute atomic E-state index is 0.0984. The Balaban J connectivity index is 1.75. The van der Waals surface area contributed by atoms with Gasteiger partial charge in [0.25, 0.3) is 15.9 Å². The highest BCUT2D eigenvalue weighted by Gasteiger charge is 2.17. The second-order valence-corrected chi connectivity index (χ2v) is 9.10. The van der Waals surface area contributed by atoms with Crippen LogP contribution in [0.2, 0.25) is 5.02 Å². The van der Waals surface area contributed by atoms with E-state index in [1.54, 1.807) is 49.4 Å². The number of rotatable bonds is 7. The molecule has 0 radical (unpaired) electrons. The van der Waals surface area contributed by atoms with Gasteiger partial charge in [0.1, 0.15) is 0 Å². The molecule has 0 aliphatic carbocycles. The lowest BCUT2D eigenvalue weighted by atomic mass is 10.1. The Morgan fingerprint density at radius 2 is 1.58 bits per heavy atom. The standard InChI is InChI=1S/C23H21ClN4O4S/c1-15(17-7-5-9-19(13-17)25-16(2)29)26-27-23(30)18-8-6-10-20(14-18)33(31,32)28-22-12-4-3-11-21(22)24/h3-14,28H,1-2H3,(H,25,29)(H,27,30)/b26-15+. The summed E-state index contributed by atoms with van der Waals surface area (Å²) in [5, 5.41) is 7.02. The first-order valence-electron chi connectivity index (χ1n) is 9.76. The molecule has 0 aliphatic heterocycles. The molecule has 0 atom stereocenters. The second kappa shape index (κ2) is 10.3. The molecular formula is C23H21ClN4O4S. The van der Waals surface area contributed by atoms with Crippen LogP contribution in [-0.4, -0.2) is 25.9 Å². The first-order chi connectivity index (χ1) is 15.7. The molecule has 3 aromatic rings. The number of anilines is 2. The van der Waals surface area contributed by atoms with Crippen LogP contribution in [0.5, 0.6) is 0 Å². The molecule has 8 nitrogen and oxygen atoms in total. The van der Waals surface area contributed by atoms with Crippen LogP contribution in [0.25, 0.3) is 0 Å². The molecule has 0 saturated carbocycles. The van der Waals surface area contributed by atoms with E-state index in [1.165, 1.54) is 37.3 Å². The van der Waals surface area contributed by atoms with Crippen molar-refractivity contribution >= 4 is 50.5 Å². The lowest BCUT2D eigenvalue weighted by Gasteiger charge is -2.10. The fourth-order valence-electron chi connectivity index (χ4n) is 2.84. The van der Waals surface area contributed by atoms with E-state index in [1.807, 2.05) is 0 Å². The molecule has 10 heteroatoms. The van der Waals surface area contributed by atoms with E-state index in [0.29, 0.717) is 17.0 Å². The molecule has 170 valence electrons. The molecule has 0 fully saturated rings. The number of nitrogens with one attached hydrogen (secondary N) is 3. The van der Waals surface area contributed by atoms with Gasteiger partial charge in [-0.1, -0.05) is 41.9 Å².